The monoisotopic (exact) mass is 281 g/mol. The highest BCUT2D eigenvalue weighted by molar-refractivity contribution is 8.14. The molecule has 0 bridgehead atoms. The second-order valence-electron chi connectivity index (χ2n) is 3.97. The van der Waals surface area contributed by atoms with Gasteiger partial charge in [0.1, 0.15) is 0 Å². The van der Waals surface area contributed by atoms with Gasteiger partial charge in [-0.25, -0.2) is 0 Å². The maximum atomic E-state index is 11.1. The Morgan fingerprint density at radius 2 is 2.00 bits per heavy atom. The number of hydrogen-bond donors (Lipinski definition) is 1. The molecule has 1 N–H and O–H groups in total. The average Bonchev–Trinajstić information content (AvgIpc) is 2.86. The summed E-state index contributed by atoms with van der Waals surface area (Å²) in [4.78, 5) is 13.2. The van der Waals surface area contributed by atoms with Crippen molar-refractivity contribution in [3.05, 3.63) is 33.9 Å². The van der Waals surface area contributed by atoms with Gasteiger partial charge in [0.15, 0.2) is 5.17 Å². The van der Waals surface area contributed by atoms with Crippen LogP contribution in [0.1, 0.15) is 0 Å². The quantitative estimate of drug-likeness (QED) is 0.805. The molecule has 1 aliphatic rings. The van der Waals surface area contributed by atoms with E-state index in [0.29, 0.717) is 5.17 Å². The van der Waals surface area contributed by atoms with Gasteiger partial charge in [0.25, 0.3) is 0 Å². The van der Waals surface area contributed by atoms with Crippen molar-refractivity contribution in [1.82, 2.24) is 9.47 Å². The Kier molecular flexibility index (Phi) is 4.08. The molecule has 2 heterocycles. The Balaban J connectivity index is 0.000000149. The molecule has 0 saturated carbocycles. The van der Waals surface area contributed by atoms with Crippen molar-refractivity contribution >= 4 is 38.5 Å². The number of rotatable bonds is 0. The second kappa shape index (κ2) is 5.58. The van der Waals surface area contributed by atoms with Gasteiger partial charge in [-0.3, -0.25) is 10.2 Å². The molecular weight excluding hydrogens is 266 g/mol. The number of hydrogen-bond acceptors (Lipinski definition) is 4. The fraction of sp³-hybridized carbons (Fsp3) is 0.333. The Labute approximate surface area is 114 Å². The first-order valence-corrected chi connectivity index (χ1v) is 7.37. The van der Waals surface area contributed by atoms with Crippen LogP contribution in [0.4, 0.5) is 0 Å². The third kappa shape index (κ3) is 2.76. The lowest BCUT2D eigenvalue weighted by molar-refractivity contribution is 0.560. The third-order valence-corrected chi connectivity index (χ3v) is 4.70. The molecule has 1 aromatic carbocycles. The van der Waals surface area contributed by atoms with Crippen LogP contribution in [0.2, 0.25) is 0 Å². The number of nitrogens with zero attached hydrogens (tertiary/aromatic N) is 2. The Morgan fingerprint density at radius 3 is 2.50 bits per heavy atom. The number of aryl methyl sites for hydroxylation is 1. The van der Waals surface area contributed by atoms with Gasteiger partial charge in [0.2, 0.25) is 0 Å². The molecule has 0 spiro atoms. The van der Waals surface area contributed by atoms with Crippen LogP contribution in [-0.2, 0) is 7.05 Å². The summed E-state index contributed by atoms with van der Waals surface area (Å²) in [6.45, 7) is 1.05. The van der Waals surface area contributed by atoms with Crippen molar-refractivity contribution in [2.24, 2.45) is 7.05 Å². The number of aromatic nitrogens is 1. The molecule has 3 rings (SSSR count). The van der Waals surface area contributed by atoms with Gasteiger partial charge in [-0.15, -0.1) is 0 Å². The fourth-order valence-electron chi connectivity index (χ4n) is 1.57. The second-order valence-corrected chi connectivity index (χ2v) is 6.05. The van der Waals surface area contributed by atoms with Crippen molar-refractivity contribution < 1.29 is 0 Å². The van der Waals surface area contributed by atoms with E-state index in [2.05, 4.69) is 0 Å². The lowest BCUT2D eigenvalue weighted by atomic mass is 10.3. The summed E-state index contributed by atoms with van der Waals surface area (Å²) in [5.41, 5.74) is 1.02. The number of thioether (sulfide) groups is 1. The molecule has 1 fully saturated rings. The molecule has 0 aliphatic carbocycles. The molecule has 0 amide bonds. The van der Waals surface area contributed by atoms with Crippen LogP contribution in [0.5, 0.6) is 0 Å². The molecule has 1 saturated heterocycles. The van der Waals surface area contributed by atoms with Gasteiger partial charge in [-0.05, 0) is 12.1 Å². The summed E-state index contributed by atoms with van der Waals surface area (Å²) in [7, 11) is 3.74. The van der Waals surface area contributed by atoms with Gasteiger partial charge in [-0.2, -0.15) is 0 Å². The van der Waals surface area contributed by atoms with E-state index in [0.717, 1.165) is 22.5 Å². The molecule has 0 radical (unpaired) electrons. The number of amidine groups is 1. The molecule has 1 aliphatic heterocycles. The first-order chi connectivity index (χ1) is 8.59. The van der Waals surface area contributed by atoms with Crippen LogP contribution >= 0.6 is 23.1 Å². The maximum Gasteiger partial charge on any atom is 0.307 e. The van der Waals surface area contributed by atoms with Gasteiger partial charge in [-0.1, -0.05) is 35.2 Å². The largest absolute Gasteiger partial charge is 0.354 e. The van der Waals surface area contributed by atoms with Gasteiger partial charge >= 0.3 is 4.87 Å². The standard InChI is InChI=1S/C8H7NOS.C4H8N2S/c1-9-6-4-2-3-5-7(6)11-8(9)10;1-6-2-3-7-4(6)5/h2-5H,1H3;5H,2-3H2,1H3. The first kappa shape index (κ1) is 13.2. The smallest absolute Gasteiger partial charge is 0.307 e. The highest BCUT2D eigenvalue weighted by Gasteiger charge is 2.11. The van der Waals surface area contributed by atoms with Crippen molar-refractivity contribution in [2.75, 3.05) is 19.3 Å². The Bertz CT molecular complexity index is 617. The minimum absolute atomic E-state index is 0.103. The number of para-hydroxylation sites is 1. The molecule has 4 nitrogen and oxygen atoms in total. The highest BCUT2D eigenvalue weighted by atomic mass is 32.2. The summed E-state index contributed by atoms with van der Waals surface area (Å²) < 4.78 is 2.72. The van der Waals surface area contributed by atoms with Gasteiger partial charge in [0, 0.05) is 26.4 Å². The first-order valence-electron chi connectivity index (χ1n) is 5.56. The molecular formula is C12H15N3OS2. The normalized spacial score (nSPS) is 14.8. The predicted molar refractivity (Wildman–Crippen MR) is 79.9 cm³/mol. The van der Waals surface area contributed by atoms with Crippen molar-refractivity contribution in [3.63, 3.8) is 0 Å². The zero-order chi connectivity index (χ0) is 13.1. The minimum Gasteiger partial charge on any atom is -0.354 e. The van der Waals surface area contributed by atoms with E-state index in [1.54, 1.807) is 23.4 Å². The molecule has 2 aromatic rings. The molecule has 6 heteroatoms. The Morgan fingerprint density at radius 1 is 1.28 bits per heavy atom. The summed E-state index contributed by atoms with van der Waals surface area (Å²) in [6, 6.07) is 7.79. The van der Waals surface area contributed by atoms with Crippen molar-refractivity contribution in [1.29, 1.82) is 5.41 Å². The zero-order valence-electron chi connectivity index (χ0n) is 10.3. The van der Waals surface area contributed by atoms with Crippen LogP contribution in [-0.4, -0.2) is 34.0 Å². The molecule has 0 atom stereocenters. The minimum atomic E-state index is 0.103. The van der Waals surface area contributed by atoms with Crippen LogP contribution < -0.4 is 4.87 Å². The topological polar surface area (TPSA) is 49.1 Å². The van der Waals surface area contributed by atoms with Crippen LogP contribution in [0, 0.1) is 5.41 Å². The summed E-state index contributed by atoms with van der Waals surface area (Å²) >= 11 is 2.90. The van der Waals surface area contributed by atoms with Crippen molar-refractivity contribution in [2.45, 2.75) is 0 Å². The number of nitrogens with one attached hydrogen (secondary N) is 1. The number of fused-ring (bicyclic) bond motifs is 1. The van der Waals surface area contributed by atoms with Gasteiger partial charge < -0.3 is 9.47 Å². The Hall–Kier alpha value is -1.27. The van der Waals surface area contributed by atoms with E-state index >= 15 is 0 Å². The molecule has 18 heavy (non-hydrogen) atoms. The molecule has 0 unspecified atom stereocenters. The van der Waals surface area contributed by atoms with E-state index in [1.807, 2.05) is 36.2 Å². The lowest BCUT2D eigenvalue weighted by Crippen LogP contribution is -2.16. The fourth-order valence-corrected chi connectivity index (χ4v) is 3.32. The van der Waals surface area contributed by atoms with Crippen molar-refractivity contribution in [3.8, 4) is 0 Å². The average molecular weight is 281 g/mol. The summed E-state index contributed by atoms with van der Waals surface area (Å²) in [5, 5.41) is 7.85. The SMILES string of the molecule is CN1CCSC1=N.Cn1c(=O)sc2ccccc21. The van der Waals surface area contributed by atoms with E-state index in [9.17, 15) is 4.79 Å². The summed E-state index contributed by atoms with van der Waals surface area (Å²) in [5.74, 6) is 1.09. The molecule has 96 valence electrons. The maximum absolute atomic E-state index is 11.1. The van der Waals surface area contributed by atoms with Crippen LogP contribution in [0.25, 0.3) is 10.2 Å². The predicted octanol–water partition coefficient (Wildman–Crippen LogP) is 2.20. The number of thiazole rings is 1. The van der Waals surface area contributed by atoms with E-state index in [-0.39, 0.29) is 4.87 Å². The van der Waals surface area contributed by atoms with Crippen LogP contribution in [0.3, 0.4) is 0 Å². The molecule has 1 aromatic heterocycles. The van der Waals surface area contributed by atoms with Gasteiger partial charge in [0.05, 0.1) is 10.2 Å². The highest BCUT2D eigenvalue weighted by Crippen LogP contribution is 2.14. The number of benzene rings is 1. The zero-order valence-corrected chi connectivity index (χ0v) is 12.0. The van der Waals surface area contributed by atoms with Crippen LogP contribution in [0.15, 0.2) is 29.1 Å². The third-order valence-electron chi connectivity index (χ3n) is 2.71. The van der Waals surface area contributed by atoms with E-state index in [4.69, 9.17) is 5.41 Å². The lowest BCUT2D eigenvalue weighted by Gasteiger charge is -2.05. The summed E-state index contributed by atoms with van der Waals surface area (Å²) in [6.07, 6.45) is 0. The van der Waals surface area contributed by atoms with E-state index < -0.39 is 0 Å². The van der Waals surface area contributed by atoms with E-state index in [1.165, 1.54) is 11.3 Å².